The molecule has 1 aliphatic heterocycles. The number of carbonyl (C=O) groups is 1. The molecule has 0 unspecified atom stereocenters. The number of aromatic nitrogens is 1. The van der Waals surface area contributed by atoms with Crippen molar-refractivity contribution in [3.05, 3.63) is 64.5 Å². The number of hydrogen-bond donors (Lipinski definition) is 2. The first-order chi connectivity index (χ1) is 12.8. The third kappa shape index (κ3) is 3.94. The Hall–Kier alpha value is -3.06. The van der Waals surface area contributed by atoms with E-state index in [1.807, 2.05) is 41.8 Å². The molecule has 0 atom stereocenters. The first-order valence-electron chi connectivity index (χ1n) is 8.17. The maximum atomic E-state index is 12.0. The van der Waals surface area contributed by atoms with Crippen LogP contribution in [0.25, 0.3) is 0 Å². The number of amides is 1. The minimum Gasteiger partial charge on any atom is -0.454 e. The van der Waals surface area contributed by atoms with Gasteiger partial charge >= 0.3 is 0 Å². The molecule has 0 saturated heterocycles. The highest BCUT2D eigenvalue weighted by Crippen LogP contribution is 2.32. The monoisotopic (exact) mass is 367 g/mol. The summed E-state index contributed by atoms with van der Waals surface area (Å²) in [6.07, 6.45) is 2.07. The Morgan fingerprint density at radius 1 is 1.15 bits per heavy atom. The number of rotatable bonds is 6. The van der Waals surface area contributed by atoms with E-state index in [0.717, 1.165) is 27.6 Å². The van der Waals surface area contributed by atoms with Crippen LogP contribution < -0.4 is 20.1 Å². The van der Waals surface area contributed by atoms with Crippen LogP contribution in [-0.4, -0.2) is 17.7 Å². The van der Waals surface area contributed by atoms with E-state index in [0.29, 0.717) is 18.8 Å². The second-order valence-corrected chi connectivity index (χ2v) is 6.81. The SMILES string of the molecule is O=C(Cc1cccs1)Nc1ccc(NCc2ccc3c(c2)OCO3)cn1. The zero-order valence-electron chi connectivity index (χ0n) is 13.9. The molecule has 0 fully saturated rings. The lowest BCUT2D eigenvalue weighted by Crippen LogP contribution is -2.14. The Morgan fingerprint density at radius 2 is 2.08 bits per heavy atom. The Morgan fingerprint density at radius 3 is 2.88 bits per heavy atom. The molecular formula is C19H17N3O3S. The highest BCUT2D eigenvalue weighted by molar-refractivity contribution is 7.10. The van der Waals surface area contributed by atoms with Crippen molar-refractivity contribution in [3.8, 4) is 11.5 Å². The van der Waals surface area contributed by atoms with Crippen molar-refractivity contribution in [2.24, 2.45) is 0 Å². The van der Waals surface area contributed by atoms with Gasteiger partial charge in [-0.25, -0.2) is 4.98 Å². The molecule has 1 aromatic carbocycles. The van der Waals surface area contributed by atoms with E-state index in [4.69, 9.17) is 9.47 Å². The van der Waals surface area contributed by atoms with Gasteiger partial charge < -0.3 is 20.1 Å². The predicted octanol–water partition coefficient (Wildman–Crippen LogP) is 3.67. The zero-order chi connectivity index (χ0) is 17.8. The number of benzene rings is 1. The van der Waals surface area contributed by atoms with Gasteiger partial charge in [0.25, 0.3) is 0 Å². The van der Waals surface area contributed by atoms with Gasteiger partial charge in [0.05, 0.1) is 18.3 Å². The number of nitrogens with one attached hydrogen (secondary N) is 2. The van der Waals surface area contributed by atoms with Gasteiger partial charge in [-0.05, 0) is 41.3 Å². The van der Waals surface area contributed by atoms with Gasteiger partial charge in [-0.15, -0.1) is 11.3 Å². The highest BCUT2D eigenvalue weighted by Gasteiger charge is 2.13. The van der Waals surface area contributed by atoms with Crippen molar-refractivity contribution >= 4 is 28.7 Å². The molecule has 3 aromatic rings. The van der Waals surface area contributed by atoms with Crippen LogP contribution in [0.5, 0.6) is 11.5 Å². The lowest BCUT2D eigenvalue weighted by atomic mass is 10.2. The summed E-state index contributed by atoms with van der Waals surface area (Å²) in [6, 6.07) is 13.4. The van der Waals surface area contributed by atoms with Crippen LogP contribution in [0.1, 0.15) is 10.4 Å². The number of anilines is 2. The molecule has 2 N–H and O–H groups in total. The molecule has 2 aromatic heterocycles. The quantitative estimate of drug-likeness (QED) is 0.696. The second-order valence-electron chi connectivity index (χ2n) is 5.78. The van der Waals surface area contributed by atoms with Crippen LogP contribution in [0, 0.1) is 0 Å². The maximum absolute atomic E-state index is 12.0. The molecule has 1 amide bonds. The Bertz CT molecular complexity index is 895. The number of fused-ring (bicyclic) bond motifs is 1. The van der Waals surface area contributed by atoms with Crippen LogP contribution >= 0.6 is 11.3 Å². The fraction of sp³-hybridized carbons (Fsp3) is 0.158. The Balaban J connectivity index is 1.30. The fourth-order valence-corrected chi connectivity index (χ4v) is 3.29. The third-order valence-corrected chi connectivity index (χ3v) is 4.76. The largest absolute Gasteiger partial charge is 0.454 e. The van der Waals surface area contributed by atoms with Gasteiger partial charge in [-0.1, -0.05) is 12.1 Å². The Labute approximate surface area is 154 Å². The predicted molar refractivity (Wildman–Crippen MR) is 101 cm³/mol. The molecule has 7 heteroatoms. The standard InChI is InChI=1S/C19H17N3O3S/c23-19(9-15-2-1-7-26-15)22-18-6-4-14(11-21-18)20-10-13-3-5-16-17(8-13)25-12-24-16/h1-8,11,20H,9-10,12H2,(H,21,22,23). The van der Waals surface area contributed by atoms with Gasteiger partial charge in [-0.2, -0.15) is 0 Å². The maximum Gasteiger partial charge on any atom is 0.231 e. The second kappa shape index (κ2) is 7.45. The van der Waals surface area contributed by atoms with Gasteiger partial charge in [0.1, 0.15) is 5.82 Å². The van der Waals surface area contributed by atoms with Crippen LogP contribution in [0.2, 0.25) is 0 Å². The number of carbonyl (C=O) groups excluding carboxylic acids is 1. The summed E-state index contributed by atoms with van der Waals surface area (Å²) >= 11 is 1.57. The first-order valence-corrected chi connectivity index (χ1v) is 9.05. The van der Waals surface area contributed by atoms with Crippen molar-refractivity contribution in [3.63, 3.8) is 0 Å². The lowest BCUT2D eigenvalue weighted by Gasteiger charge is -2.08. The highest BCUT2D eigenvalue weighted by atomic mass is 32.1. The topological polar surface area (TPSA) is 72.5 Å². The number of nitrogens with zero attached hydrogens (tertiary/aromatic N) is 1. The first kappa shape index (κ1) is 16.4. The van der Waals surface area contributed by atoms with Crippen LogP contribution in [0.15, 0.2) is 54.0 Å². The van der Waals surface area contributed by atoms with E-state index >= 15 is 0 Å². The lowest BCUT2D eigenvalue weighted by molar-refractivity contribution is -0.115. The van der Waals surface area contributed by atoms with Crippen molar-refractivity contribution in [2.45, 2.75) is 13.0 Å². The molecule has 0 aliphatic carbocycles. The fourth-order valence-electron chi connectivity index (χ4n) is 2.59. The third-order valence-electron chi connectivity index (χ3n) is 3.88. The smallest absolute Gasteiger partial charge is 0.231 e. The molecule has 26 heavy (non-hydrogen) atoms. The van der Waals surface area contributed by atoms with E-state index < -0.39 is 0 Å². The van der Waals surface area contributed by atoms with E-state index in [-0.39, 0.29) is 12.7 Å². The molecule has 132 valence electrons. The molecule has 0 saturated carbocycles. The van der Waals surface area contributed by atoms with E-state index in [1.165, 1.54) is 0 Å². The molecule has 1 aliphatic rings. The summed E-state index contributed by atoms with van der Waals surface area (Å²) in [5.74, 6) is 2.02. The van der Waals surface area contributed by atoms with Crippen LogP contribution in [-0.2, 0) is 17.8 Å². The van der Waals surface area contributed by atoms with Gasteiger partial charge in [0, 0.05) is 11.4 Å². The molecule has 6 nitrogen and oxygen atoms in total. The zero-order valence-corrected chi connectivity index (χ0v) is 14.7. The number of ether oxygens (including phenoxy) is 2. The summed E-state index contributed by atoms with van der Waals surface area (Å²) in [5.41, 5.74) is 1.96. The normalized spacial score (nSPS) is 12.0. The van der Waals surface area contributed by atoms with E-state index in [9.17, 15) is 4.79 Å². The van der Waals surface area contributed by atoms with E-state index in [1.54, 1.807) is 23.6 Å². The summed E-state index contributed by atoms with van der Waals surface area (Å²) in [4.78, 5) is 17.3. The van der Waals surface area contributed by atoms with Gasteiger partial charge in [-0.3, -0.25) is 4.79 Å². The summed E-state index contributed by atoms with van der Waals surface area (Å²) in [6.45, 7) is 0.915. The summed E-state index contributed by atoms with van der Waals surface area (Å²) in [7, 11) is 0. The molecule has 4 rings (SSSR count). The van der Waals surface area contributed by atoms with Gasteiger partial charge in [0.2, 0.25) is 12.7 Å². The molecule has 3 heterocycles. The van der Waals surface area contributed by atoms with Gasteiger partial charge in [0.15, 0.2) is 11.5 Å². The number of pyridine rings is 1. The molecular weight excluding hydrogens is 350 g/mol. The average molecular weight is 367 g/mol. The Kier molecular flexibility index (Phi) is 4.70. The number of hydrogen-bond acceptors (Lipinski definition) is 6. The van der Waals surface area contributed by atoms with E-state index in [2.05, 4.69) is 15.6 Å². The minimum atomic E-state index is -0.0685. The van der Waals surface area contributed by atoms with Crippen molar-refractivity contribution in [1.29, 1.82) is 0 Å². The van der Waals surface area contributed by atoms with Crippen molar-refractivity contribution < 1.29 is 14.3 Å². The molecule has 0 bridgehead atoms. The van der Waals surface area contributed by atoms with Crippen LogP contribution in [0.3, 0.4) is 0 Å². The molecule has 0 spiro atoms. The molecule has 0 radical (unpaired) electrons. The van der Waals surface area contributed by atoms with Crippen molar-refractivity contribution in [1.82, 2.24) is 4.98 Å². The summed E-state index contributed by atoms with van der Waals surface area (Å²) < 4.78 is 10.7. The minimum absolute atomic E-state index is 0.0685. The average Bonchev–Trinajstić information content (AvgIpc) is 3.32. The number of thiophene rings is 1. The summed E-state index contributed by atoms with van der Waals surface area (Å²) in [5, 5.41) is 8.07. The van der Waals surface area contributed by atoms with Crippen LogP contribution in [0.4, 0.5) is 11.5 Å². The van der Waals surface area contributed by atoms with Crippen molar-refractivity contribution in [2.75, 3.05) is 17.4 Å².